The number of rotatable bonds is 5. The Morgan fingerprint density at radius 3 is 2.75 bits per heavy atom. The van der Waals surface area contributed by atoms with E-state index in [-0.39, 0.29) is 22.5 Å². The van der Waals surface area contributed by atoms with Crippen molar-refractivity contribution < 1.29 is 19.1 Å². The number of carbonyl (C=O) groups excluding carboxylic acids is 3. The second-order valence-electron chi connectivity index (χ2n) is 4.11. The summed E-state index contributed by atoms with van der Waals surface area (Å²) in [7, 11) is 1.26. The van der Waals surface area contributed by atoms with Gasteiger partial charge in [0.1, 0.15) is 5.56 Å². The number of anilines is 1. The van der Waals surface area contributed by atoms with Crippen LogP contribution < -0.4 is 5.32 Å². The van der Waals surface area contributed by atoms with Crippen LogP contribution in [0.2, 0.25) is 0 Å². The largest absolute Gasteiger partial charge is 0.465 e. The highest BCUT2D eigenvalue weighted by atomic mass is 32.2. The molecule has 1 unspecified atom stereocenters. The Bertz CT molecular complexity index is 519. The van der Waals surface area contributed by atoms with E-state index in [1.54, 1.807) is 6.92 Å². The number of amides is 1. The molecule has 6 nitrogen and oxygen atoms in total. The summed E-state index contributed by atoms with van der Waals surface area (Å²) in [6.07, 6.45) is 2.80. The SMILES string of the molecule is COC(=O)c1cnccc1NC(=O)C(C)CSC(C)=O. The average Bonchev–Trinajstić information content (AvgIpc) is 2.44. The fourth-order valence-corrected chi connectivity index (χ4v) is 1.99. The smallest absolute Gasteiger partial charge is 0.341 e. The summed E-state index contributed by atoms with van der Waals surface area (Å²) in [5.74, 6) is -0.809. The number of nitrogens with one attached hydrogen (secondary N) is 1. The van der Waals surface area contributed by atoms with E-state index in [0.29, 0.717) is 11.4 Å². The minimum absolute atomic E-state index is 0.0381. The molecule has 0 fully saturated rings. The van der Waals surface area contributed by atoms with Gasteiger partial charge in [-0.25, -0.2) is 4.79 Å². The first-order chi connectivity index (χ1) is 9.45. The van der Waals surface area contributed by atoms with Crippen molar-refractivity contribution in [3.05, 3.63) is 24.0 Å². The summed E-state index contributed by atoms with van der Waals surface area (Å²) in [5, 5.41) is 2.61. The van der Waals surface area contributed by atoms with Crippen molar-refractivity contribution in [1.82, 2.24) is 4.98 Å². The first-order valence-electron chi connectivity index (χ1n) is 5.92. The Morgan fingerprint density at radius 1 is 1.45 bits per heavy atom. The van der Waals surface area contributed by atoms with Gasteiger partial charge in [-0.1, -0.05) is 18.7 Å². The van der Waals surface area contributed by atoms with E-state index < -0.39 is 5.97 Å². The van der Waals surface area contributed by atoms with Gasteiger partial charge in [-0.3, -0.25) is 14.6 Å². The second kappa shape index (κ2) is 7.64. The maximum Gasteiger partial charge on any atom is 0.341 e. The number of nitrogens with zero attached hydrogens (tertiary/aromatic N) is 1. The zero-order chi connectivity index (χ0) is 15.1. The monoisotopic (exact) mass is 296 g/mol. The number of esters is 1. The molecule has 108 valence electrons. The Morgan fingerprint density at radius 2 is 2.15 bits per heavy atom. The number of hydrogen-bond donors (Lipinski definition) is 1. The highest BCUT2D eigenvalue weighted by Gasteiger charge is 2.18. The van der Waals surface area contributed by atoms with E-state index in [9.17, 15) is 14.4 Å². The number of aromatic nitrogens is 1. The number of thioether (sulfide) groups is 1. The summed E-state index contributed by atoms with van der Waals surface area (Å²) in [5.41, 5.74) is 0.534. The molecule has 0 aromatic carbocycles. The Labute approximate surface area is 121 Å². The number of pyridine rings is 1. The van der Waals surface area contributed by atoms with Crippen LogP contribution in [0.4, 0.5) is 5.69 Å². The number of methoxy groups -OCH3 is 1. The van der Waals surface area contributed by atoms with Crippen LogP contribution in [0.15, 0.2) is 18.5 Å². The molecule has 1 aromatic rings. The van der Waals surface area contributed by atoms with Gasteiger partial charge in [0.25, 0.3) is 0 Å². The zero-order valence-electron chi connectivity index (χ0n) is 11.5. The minimum atomic E-state index is -0.570. The van der Waals surface area contributed by atoms with E-state index in [4.69, 9.17) is 0 Å². The van der Waals surface area contributed by atoms with Gasteiger partial charge >= 0.3 is 5.97 Å². The van der Waals surface area contributed by atoms with Gasteiger partial charge in [0.2, 0.25) is 5.91 Å². The van der Waals surface area contributed by atoms with E-state index >= 15 is 0 Å². The first kappa shape index (κ1) is 16.2. The lowest BCUT2D eigenvalue weighted by atomic mass is 10.2. The normalized spacial score (nSPS) is 11.6. The van der Waals surface area contributed by atoms with Gasteiger partial charge in [-0.05, 0) is 6.07 Å². The van der Waals surface area contributed by atoms with Gasteiger partial charge in [0, 0.05) is 31.0 Å². The lowest BCUT2D eigenvalue weighted by Crippen LogP contribution is -2.24. The zero-order valence-corrected chi connectivity index (χ0v) is 12.3. The Hall–Kier alpha value is -1.89. The van der Waals surface area contributed by atoms with Crippen LogP contribution in [0.5, 0.6) is 0 Å². The van der Waals surface area contributed by atoms with E-state index in [1.165, 1.54) is 32.5 Å². The molecule has 1 rings (SSSR count). The molecule has 0 aliphatic rings. The van der Waals surface area contributed by atoms with Crippen molar-refractivity contribution >= 4 is 34.4 Å². The molecular formula is C13H16N2O4S. The third-order valence-electron chi connectivity index (χ3n) is 2.47. The molecule has 0 aliphatic carbocycles. The van der Waals surface area contributed by atoms with E-state index in [0.717, 1.165) is 11.8 Å². The minimum Gasteiger partial charge on any atom is -0.465 e. The highest BCUT2D eigenvalue weighted by molar-refractivity contribution is 8.13. The number of hydrogen-bond acceptors (Lipinski definition) is 6. The van der Waals surface area contributed by atoms with Crippen molar-refractivity contribution in [2.45, 2.75) is 13.8 Å². The van der Waals surface area contributed by atoms with Crippen LogP contribution in [0.3, 0.4) is 0 Å². The number of carbonyl (C=O) groups is 3. The predicted molar refractivity (Wildman–Crippen MR) is 76.5 cm³/mol. The number of ether oxygens (including phenoxy) is 1. The molecule has 20 heavy (non-hydrogen) atoms. The fraction of sp³-hybridized carbons (Fsp3) is 0.385. The summed E-state index contributed by atoms with van der Waals surface area (Å²) in [6.45, 7) is 3.16. The molecule has 1 amide bonds. The van der Waals surface area contributed by atoms with Crippen molar-refractivity contribution in [3.8, 4) is 0 Å². The van der Waals surface area contributed by atoms with Gasteiger partial charge < -0.3 is 10.1 Å². The third kappa shape index (κ3) is 4.65. The first-order valence-corrected chi connectivity index (χ1v) is 6.90. The molecular weight excluding hydrogens is 280 g/mol. The van der Waals surface area contributed by atoms with Gasteiger partial charge in [0.15, 0.2) is 5.12 Å². The van der Waals surface area contributed by atoms with Gasteiger partial charge in [-0.15, -0.1) is 0 Å². The third-order valence-corrected chi connectivity index (χ3v) is 3.54. The predicted octanol–water partition coefficient (Wildman–Crippen LogP) is 1.72. The molecule has 0 saturated carbocycles. The van der Waals surface area contributed by atoms with Crippen molar-refractivity contribution in [3.63, 3.8) is 0 Å². The maximum atomic E-state index is 12.0. The standard InChI is InChI=1S/C13H16N2O4S/c1-8(7-20-9(2)16)12(17)15-11-4-5-14-6-10(11)13(18)19-3/h4-6,8H,7H2,1-3H3,(H,14,15,17). The van der Waals surface area contributed by atoms with Crippen molar-refractivity contribution in [2.75, 3.05) is 18.2 Å². The second-order valence-corrected chi connectivity index (χ2v) is 5.30. The maximum absolute atomic E-state index is 12.0. The summed E-state index contributed by atoms with van der Waals surface area (Å²) >= 11 is 1.09. The molecule has 1 aromatic heterocycles. The molecule has 0 spiro atoms. The Kier molecular flexibility index (Phi) is 6.17. The summed E-state index contributed by atoms with van der Waals surface area (Å²) < 4.78 is 4.62. The molecule has 0 saturated heterocycles. The summed E-state index contributed by atoms with van der Waals surface area (Å²) in [4.78, 5) is 38.2. The van der Waals surface area contributed by atoms with Crippen LogP contribution in [0.1, 0.15) is 24.2 Å². The van der Waals surface area contributed by atoms with Crippen LogP contribution in [0.25, 0.3) is 0 Å². The topological polar surface area (TPSA) is 85.4 Å². The van der Waals surface area contributed by atoms with E-state index in [2.05, 4.69) is 15.0 Å². The molecule has 1 N–H and O–H groups in total. The van der Waals surface area contributed by atoms with Gasteiger partial charge in [0.05, 0.1) is 12.8 Å². The lowest BCUT2D eigenvalue weighted by Gasteiger charge is -2.13. The van der Waals surface area contributed by atoms with E-state index in [1.807, 2.05) is 0 Å². The molecule has 0 radical (unpaired) electrons. The quantitative estimate of drug-likeness (QED) is 0.833. The highest BCUT2D eigenvalue weighted by Crippen LogP contribution is 2.17. The fourth-order valence-electron chi connectivity index (χ4n) is 1.35. The molecule has 0 aliphatic heterocycles. The van der Waals surface area contributed by atoms with Crippen molar-refractivity contribution in [1.29, 1.82) is 0 Å². The van der Waals surface area contributed by atoms with Gasteiger partial charge in [-0.2, -0.15) is 0 Å². The van der Waals surface area contributed by atoms with Crippen molar-refractivity contribution in [2.24, 2.45) is 5.92 Å². The van der Waals surface area contributed by atoms with Crippen LogP contribution >= 0.6 is 11.8 Å². The molecule has 7 heteroatoms. The molecule has 1 atom stereocenters. The Balaban J connectivity index is 2.75. The van der Waals surface area contributed by atoms with Crippen LogP contribution in [-0.4, -0.2) is 34.8 Å². The average molecular weight is 296 g/mol. The lowest BCUT2D eigenvalue weighted by molar-refractivity contribution is -0.118. The molecule has 1 heterocycles. The van der Waals surface area contributed by atoms with Crippen LogP contribution in [0, 0.1) is 5.92 Å². The summed E-state index contributed by atoms with van der Waals surface area (Å²) in [6, 6.07) is 1.52. The molecule has 0 bridgehead atoms. The van der Waals surface area contributed by atoms with Crippen LogP contribution in [-0.2, 0) is 14.3 Å².